The number of aromatic nitrogens is 6. The van der Waals surface area contributed by atoms with Gasteiger partial charge in [-0.15, -0.1) is 20.1 Å². The monoisotopic (exact) mass is 713 g/mol. The fourth-order valence-corrected chi connectivity index (χ4v) is 4.49. The van der Waals surface area contributed by atoms with Crippen molar-refractivity contribution in [3.8, 4) is 17.3 Å². The zero-order chi connectivity index (χ0) is 37.2. The Labute approximate surface area is 292 Å². The number of nitrogens with zero attached hydrogens (tertiary/aromatic N) is 7. The number of hydrogen-bond acceptors (Lipinski definition) is 14. The summed E-state index contributed by atoms with van der Waals surface area (Å²) in [5, 5.41) is 36.8. The molecule has 0 spiro atoms. The third-order valence-corrected chi connectivity index (χ3v) is 7.06. The number of methoxy groups -OCH3 is 1. The van der Waals surface area contributed by atoms with Crippen molar-refractivity contribution in [2.24, 2.45) is 5.22 Å². The minimum absolute atomic E-state index is 0.0130. The SMILES string of the molecule is COC(=O)c1ccc(OCCCCOc2cc(NC(=O)c3ccc(=N)n(N=N)n3)c(C(=O)O)cc2F)cc1NC(=O)c1ccc(-n2ccnc2)nn1. The lowest BCUT2D eigenvalue weighted by Crippen LogP contribution is -2.24. The number of carbonyl (C=O) groups is 4. The van der Waals surface area contributed by atoms with Gasteiger partial charge in [-0.1, -0.05) is 5.22 Å². The molecule has 5 N–H and O–H groups in total. The van der Waals surface area contributed by atoms with Crippen LogP contribution in [0, 0.1) is 16.8 Å². The summed E-state index contributed by atoms with van der Waals surface area (Å²) in [5.41, 5.74) is 5.82. The first-order chi connectivity index (χ1) is 25.1. The molecule has 0 aliphatic rings. The van der Waals surface area contributed by atoms with Crippen molar-refractivity contribution < 1.29 is 42.9 Å². The molecule has 20 heteroatoms. The maximum atomic E-state index is 14.7. The number of esters is 1. The molecule has 5 rings (SSSR count). The summed E-state index contributed by atoms with van der Waals surface area (Å²) >= 11 is 0. The van der Waals surface area contributed by atoms with Gasteiger partial charge in [-0.05, 0) is 55.3 Å². The van der Waals surface area contributed by atoms with Crippen LogP contribution in [0.4, 0.5) is 15.8 Å². The molecule has 3 aromatic heterocycles. The predicted octanol–water partition coefficient (Wildman–Crippen LogP) is 3.50. The average Bonchev–Trinajstić information content (AvgIpc) is 3.69. The fourth-order valence-electron chi connectivity index (χ4n) is 4.49. The number of halogens is 1. The number of nitrogens with one attached hydrogen (secondary N) is 4. The van der Waals surface area contributed by atoms with Crippen LogP contribution in [0.25, 0.3) is 5.82 Å². The molecular formula is C32H28FN11O8. The van der Waals surface area contributed by atoms with Gasteiger partial charge in [0.25, 0.3) is 11.8 Å². The Morgan fingerprint density at radius 3 is 2.27 bits per heavy atom. The van der Waals surface area contributed by atoms with Crippen LogP contribution < -0.4 is 25.6 Å². The molecular weight excluding hydrogens is 685 g/mol. The number of carboxylic acid groups (broad SMARTS) is 1. The molecule has 52 heavy (non-hydrogen) atoms. The molecule has 0 fully saturated rings. The Bertz CT molecular complexity index is 2190. The van der Waals surface area contributed by atoms with Gasteiger partial charge in [0.05, 0.1) is 42.8 Å². The zero-order valence-electron chi connectivity index (χ0n) is 27.1. The summed E-state index contributed by atoms with van der Waals surface area (Å²) in [6, 6.07) is 11.5. The third kappa shape index (κ3) is 8.61. The quantitative estimate of drug-likeness (QED) is 0.0593. The Balaban J connectivity index is 1.17. The van der Waals surface area contributed by atoms with Crippen molar-refractivity contribution in [1.29, 1.82) is 10.9 Å². The second kappa shape index (κ2) is 16.3. The number of unbranched alkanes of at least 4 members (excludes halogenated alkanes) is 1. The van der Waals surface area contributed by atoms with Crippen molar-refractivity contribution in [2.45, 2.75) is 12.8 Å². The Hall–Kier alpha value is -7.38. The number of aromatic carboxylic acids is 1. The lowest BCUT2D eigenvalue weighted by Gasteiger charge is -2.14. The molecule has 0 saturated carbocycles. The number of rotatable bonds is 15. The standard InChI is InChI=1S/C32H28FN11O8/c1-50-32(49)19-5-4-18(14-24(19)37-29(45)22-7-9-28(40-39-22)43-11-10-36-17-43)51-12-2-3-13-52-26-16-25(20(31(47)48)15-21(26)33)38-30(46)23-6-8-27(34)44(41-23)42-35/h4-11,14-17,34-35H,2-3,12-13H2,1H3,(H,37,45)(H,38,46)(H,47,48). The van der Waals surface area contributed by atoms with Gasteiger partial charge < -0.3 is 30.0 Å². The van der Waals surface area contributed by atoms with E-state index < -0.39 is 35.1 Å². The van der Waals surface area contributed by atoms with Crippen molar-refractivity contribution in [3.05, 3.63) is 107 Å². The number of carbonyl (C=O) groups excluding carboxylic acids is 3. The lowest BCUT2D eigenvalue weighted by atomic mass is 10.1. The minimum atomic E-state index is -1.51. The largest absolute Gasteiger partial charge is 0.494 e. The molecule has 5 aromatic rings. The van der Waals surface area contributed by atoms with Crippen LogP contribution in [0.1, 0.15) is 54.5 Å². The molecule has 19 nitrogen and oxygen atoms in total. The van der Waals surface area contributed by atoms with E-state index in [2.05, 4.69) is 36.1 Å². The van der Waals surface area contributed by atoms with E-state index in [9.17, 15) is 28.7 Å². The van der Waals surface area contributed by atoms with Crippen LogP contribution in [0.3, 0.4) is 0 Å². The highest BCUT2D eigenvalue weighted by Crippen LogP contribution is 2.28. The summed E-state index contributed by atoms with van der Waals surface area (Å²) in [6.07, 6.45) is 5.54. The number of imidazole rings is 1. The molecule has 0 atom stereocenters. The summed E-state index contributed by atoms with van der Waals surface area (Å²) in [7, 11) is 1.20. The highest BCUT2D eigenvalue weighted by Gasteiger charge is 2.20. The van der Waals surface area contributed by atoms with Gasteiger partial charge in [-0.25, -0.2) is 19.0 Å². The lowest BCUT2D eigenvalue weighted by molar-refractivity contribution is 0.0600. The number of anilines is 2. The van der Waals surface area contributed by atoms with E-state index >= 15 is 0 Å². The number of amides is 2. The van der Waals surface area contributed by atoms with Gasteiger partial charge in [0, 0.05) is 24.5 Å². The van der Waals surface area contributed by atoms with Gasteiger partial charge in [0.15, 0.2) is 34.3 Å². The molecule has 266 valence electrons. The predicted molar refractivity (Wildman–Crippen MR) is 175 cm³/mol. The minimum Gasteiger partial charge on any atom is -0.494 e. The molecule has 0 aliphatic carbocycles. The van der Waals surface area contributed by atoms with Crippen LogP contribution in [0.5, 0.6) is 11.5 Å². The topological polar surface area (TPSA) is 262 Å². The van der Waals surface area contributed by atoms with Crippen LogP contribution in [-0.2, 0) is 4.74 Å². The maximum absolute atomic E-state index is 14.7. The first kappa shape index (κ1) is 35.9. The summed E-state index contributed by atoms with van der Waals surface area (Å²) < 4.78 is 32.5. The number of hydrogen-bond donors (Lipinski definition) is 5. The second-order valence-corrected chi connectivity index (χ2v) is 10.5. The maximum Gasteiger partial charge on any atom is 0.339 e. The summed E-state index contributed by atoms with van der Waals surface area (Å²) in [6.45, 7) is 0.146. The van der Waals surface area contributed by atoms with Crippen LogP contribution in [0.15, 0.2) is 78.5 Å². The van der Waals surface area contributed by atoms with Crippen LogP contribution in [0.2, 0.25) is 0 Å². The normalized spacial score (nSPS) is 10.6. The highest BCUT2D eigenvalue weighted by atomic mass is 19.1. The Kier molecular flexibility index (Phi) is 11.3. The smallest absolute Gasteiger partial charge is 0.339 e. The Morgan fingerprint density at radius 2 is 1.62 bits per heavy atom. The van der Waals surface area contributed by atoms with E-state index in [1.165, 1.54) is 43.8 Å². The summed E-state index contributed by atoms with van der Waals surface area (Å²) in [4.78, 5) is 54.3. The first-order valence-corrected chi connectivity index (χ1v) is 15.1. The first-order valence-electron chi connectivity index (χ1n) is 15.1. The van der Waals surface area contributed by atoms with Crippen molar-refractivity contribution in [2.75, 3.05) is 31.0 Å². The molecule has 3 heterocycles. The van der Waals surface area contributed by atoms with Crippen LogP contribution in [-0.4, -0.2) is 78.8 Å². The average molecular weight is 714 g/mol. The van der Waals surface area contributed by atoms with Gasteiger partial charge in [-0.2, -0.15) is 5.53 Å². The van der Waals surface area contributed by atoms with E-state index in [0.717, 1.165) is 12.1 Å². The molecule has 0 aliphatic heterocycles. The zero-order valence-corrected chi connectivity index (χ0v) is 27.1. The third-order valence-electron chi connectivity index (χ3n) is 7.06. The van der Waals surface area contributed by atoms with Crippen LogP contribution >= 0.6 is 0 Å². The van der Waals surface area contributed by atoms with Gasteiger partial charge in [0.1, 0.15) is 12.1 Å². The van der Waals surface area contributed by atoms with Crippen molar-refractivity contribution in [1.82, 2.24) is 29.6 Å². The molecule has 0 saturated heterocycles. The molecule has 0 bridgehead atoms. The Morgan fingerprint density at radius 1 is 0.904 bits per heavy atom. The molecule has 2 aromatic carbocycles. The molecule has 2 amide bonds. The van der Waals surface area contributed by atoms with E-state index in [0.29, 0.717) is 35.3 Å². The number of carboxylic acids is 1. The van der Waals surface area contributed by atoms with Gasteiger partial charge >= 0.3 is 11.9 Å². The van der Waals surface area contributed by atoms with Gasteiger partial charge in [0.2, 0.25) is 0 Å². The van der Waals surface area contributed by atoms with E-state index in [1.807, 2.05) is 0 Å². The highest BCUT2D eigenvalue weighted by molar-refractivity contribution is 6.08. The number of benzene rings is 2. The van der Waals surface area contributed by atoms with E-state index in [-0.39, 0.29) is 52.8 Å². The molecule has 0 unspecified atom stereocenters. The van der Waals surface area contributed by atoms with Gasteiger partial charge in [-0.3, -0.25) is 19.6 Å². The second-order valence-electron chi connectivity index (χ2n) is 10.5. The number of ether oxygens (including phenoxy) is 3. The van der Waals surface area contributed by atoms with Crippen molar-refractivity contribution >= 4 is 35.1 Å². The van der Waals surface area contributed by atoms with E-state index in [1.54, 1.807) is 23.0 Å². The summed E-state index contributed by atoms with van der Waals surface area (Å²) in [5.74, 6) is -4.28. The van der Waals surface area contributed by atoms with Crippen molar-refractivity contribution in [3.63, 3.8) is 0 Å². The molecule has 0 radical (unpaired) electrons. The van der Waals surface area contributed by atoms with E-state index in [4.69, 9.17) is 25.2 Å². The fraction of sp³-hybridized carbons (Fsp3) is 0.156.